The highest BCUT2D eigenvalue weighted by Crippen LogP contribution is 2.33. The zero-order valence-corrected chi connectivity index (χ0v) is 11.1. The molecule has 2 atom stereocenters. The van der Waals surface area contributed by atoms with Crippen LogP contribution in [-0.4, -0.2) is 29.4 Å². The molecule has 0 saturated heterocycles. The van der Waals surface area contributed by atoms with Crippen molar-refractivity contribution < 1.29 is 24.2 Å². The van der Waals surface area contributed by atoms with Gasteiger partial charge in [0.25, 0.3) is 0 Å². The first kappa shape index (κ1) is 15.4. The number of hydrogen-bond acceptors (Lipinski definition) is 4. The number of Topliss-reactive ketones (excluding diaryl/α,β-unsaturated/α-hetero) is 1. The van der Waals surface area contributed by atoms with Crippen LogP contribution in [0.5, 0.6) is 0 Å². The maximum absolute atomic E-state index is 11.7. The van der Waals surface area contributed by atoms with Crippen molar-refractivity contribution in [2.45, 2.75) is 39.0 Å². The standard InChI is InChI=1S/C14H20O5/c1-10(15)19-8-4-2-3-5-12-11(9-14(17)18)6-7-13(12)16/h2-3,11-12H,4-9H2,1H3,(H,17,18). The number of esters is 1. The van der Waals surface area contributed by atoms with Crippen molar-refractivity contribution in [1.29, 1.82) is 0 Å². The Bertz CT molecular complexity index is 372. The van der Waals surface area contributed by atoms with Gasteiger partial charge in [-0.2, -0.15) is 0 Å². The molecular weight excluding hydrogens is 248 g/mol. The van der Waals surface area contributed by atoms with Gasteiger partial charge in [-0.25, -0.2) is 0 Å². The van der Waals surface area contributed by atoms with Gasteiger partial charge in [0.2, 0.25) is 0 Å². The van der Waals surface area contributed by atoms with Crippen molar-refractivity contribution in [3.05, 3.63) is 12.2 Å². The van der Waals surface area contributed by atoms with Crippen LogP contribution in [0.4, 0.5) is 0 Å². The number of carboxylic acid groups (broad SMARTS) is 1. The summed E-state index contributed by atoms with van der Waals surface area (Å²) in [4.78, 5) is 32.9. The largest absolute Gasteiger partial charge is 0.481 e. The SMILES string of the molecule is CC(=O)OCCC=CCC1C(=O)CCC1CC(=O)O. The molecule has 2 unspecified atom stereocenters. The number of hydrogen-bond donors (Lipinski definition) is 1. The highest BCUT2D eigenvalue weighted by Gasteiger charge is 2.34. The Balaban J connectivity index is 2.32. The summed E-state index contributed by atoms with van der Waals surface area (Å²) in [6.45, 7) is 1.69. The maximum Gasteiger partial charge on any atom is 0.303 e. The Labute approximate surface area is 112 Å². The fraction of sp³-hybridized carbons (Fsp3) is 0.643. The molecule has 0 heterocycles. The predicted molar refractivity (Wildman–Crippen MR) is 68.5 cm³/mol. The molecule has 1 rings (SSSR count). The molecule has 0 aliphatic heterocycles. The lowest BCUT2D eigenvalue weighted by atomic mass is 9.89. The van der Waals surface area contributed by atoms with E-state index in [4.69, 9.17) is 9.84 Å². The third-order valence-electron chi connectivity index (χ3n) is 3.33. The van der Waals surface area contributed by atoms with E-state index in [9.17, 15) is 14.4 Å². The third kappa shape index (κ3) is 5.68. The molecule has 19 heavy (non-hydrogen) atoms. The smallest absolute Gasteiger partial charge is 0.303 e. The molecule has 106 valence electrons. The molecular formula is C14H20O5. The van der Waals surface area contributed by atoms with Gasteiger partial charge in [0, 0.05) is 25.7 Å². The van der Waals surface area contributed by atoms with Gasteiger partial charge in [0.15, 0.2) is 0 Å². The minimum atomic E-state index is -0.844. The lowest BCUT2D eigenvalue weighted by molar-refractivity contribution is -0.141. The molecule has 5 nitrogen and oxygen atoms in total. The molecule has 5 heteroatoms. The van der Waals surface area contributed by atoms with Crippen LogP contribution in [0.1, 0.15) is 39.0 Å². The van der Waals surface area contributed by atoms with Gasteiger partial charge in [0.05, 0.1) is 6.61 Å². The van der Waals surface area contributed by atoms with Gasteiger partial charge in [-0.3, -0.25) is 14.4 Å². The Hall–Kier alpha value is -1.65. The number of carbonyl (C=O) groups is 3. The molecule has 0 radical (unpaired) electrons. The molecule has 1 N–H and O–H groups in total. The Morgan fingerprint density at radius 2 is 2.16 bits per heavy atom. The molecule has 1 saturated carbocycles. The molecule has 1 aliphatic carbocycles. The van der Waals surface area contributed by atoms with Crippen LogP contribution in [0.25, 0.3) is 0 Å². The van der Waals surface area contributed by atoms with E-state index in [1.807, 2.05) is 12.2 Å². The molecule has 0 aromatic rings. The number of rotatable bonds is 7. The number of ether oxygens (including phenoxy) is 1. The zero-order valence-electron chi connectivity index (χ0n) is 11.1. The van der Waals surface area contributed by atoms with Crippen molar-refractivity contribution >= 4 is 17.7 Å². The summed E-state index contributed by atoms with van der Waals surface area (Å²) in [6, 6.07) is 0. The predicted octanol–water partition coefficient (Wildman–Crippen LogP) is 1.96. The molecule has 1 aliphatic rings. The van der Waals surface area contributed by atoms with Gasteiger partial charge >= 0.3 is 11.9 Å². The van der Waals surface area contributed by atoms with E-state index in [0.29, 0.717) is 32.3 Å². The van der Waals surface area contributed by atoms with E-state index in [1.54, 1.807) is 0 Å². The summed E-state index contributed by atoms with van der Waals surface area (Å²) < 4.78 is 4.77. The van der Waals surface area contributed by atoms with E-state index in [1.165, 1.54) is 6.92 Å². The monoisotopic (exact) mass is 268 g/mol. The number of carboxylic acids is 1. The molecule has 0 bridgehead atoms. The number of aliphatic carboxylic acids is 1. The summed E-state index contributed by atoms with van der Waals surface area (Å²) in [5, 5.41) is 8.79. The van der Waals surface area contributed by atoms with E-state index >= 15 is 0 Å². The lowest BCUT2D eigenvalue weighted by Gasteiger charge is -2.14. The molecule has 0 amide bonds. The molecule has 1 fully saturated rings. The van der Waals surface area contributed by atoms with Crippen LogP contribution >= 0.6 is 0 Å². The topological polar surface area (TPSA) is 80.7 Å². The first-order chi connectivity index (χ1) is 9.00. The minimum Gasteiger partial charge on any atom is -0.481 e. The summed E-state index contributed by atoms with van der Waals surface area (Å²) in [5.41, 5.74) is 0. The summed E-state index contributed by atoms with van der Waals surface area (Å²) in [5.74, 6) is -1.19. The van der Waals surface area contributed by atoms with Crippen LogP contribution in [0.2, 0.25) is 0 Å². The quantitative estimate of drug-likeness (QED) is 0.433. The first-order valence-electron chi connectivity index (χ1n) is 6.53. The Morgan fingerprint density at radius 3 is 2.79 bits per heavy atom. The normalized spacial score (nSPS) is 22.9. The van der Waals surface area contributed by atoms with Crippen molar-refractivity contribution in [3.63, 3.8) is 0 Å². The fourth-order valence-electron chi connectivity index (χ4n) is 2.40. The van der Waals surface area contributed by atoms with Crippen molar-refractivity contribution in [2.24, 2.45) is 11.8 Å². The minimum absolute atomic E-state index is 0.0388. The first-order valence-corrected chi connectivity index (χ1v) is 6.53. The van der Waals surface area contributed by atoms with Gasteiger partial charge in [-0.05, 0) is 25.2 Å². The number of ketones is 1. The molecule has 0 aromatic carbocycles. The molecule has 0 spiro atoms. The summed E-state index contributed by atoms with van der Waals surface area (Å²) in [6.07, 6.45) is 6.18. The average molecular weight is 268 g/mol. The maximum atomic E-state index is 11.7. The van der Waals surface area contributed by atoms with Crippen LogP contribution in [0.3, 0.4) is 0 Å². The van der Waals surface area contributed by atoms with Gasteiger partial charge < -0.3 is 9.84 Å². The second kappa shape index (κ2) is 7.71. The average Bonchev–Trinajstić information content (AvgIpc) is 2.64. The second-order valence-corrected chi connectivity index (χ2v) is 4.81. The number of carbonyl (C=O) groups excluding carboxylic acids is 2. The highest BCUT2D eigenvalue weighted by molar-refractivity contribution is 5.84. The third-order valence-corrected chi connectivity index (χ3v) is 3.33. The Morgan fingerprint density at radius 1 is 1.42 bits per heavy atom. The lowest BCUT2D eigenvalue weighted by Crippen LogP contribution is -2.17. The summed E-state index contributed by atoms with van der Waals surface area (Å²) in [7, 11) is 0. The van der Waals surface area contributed by atoms with E-state index in [0.717, 1.165) is 0 Å². The zero-order chi connectivity index (χ0) is 14.3. The molecule has 0 aromatic heterocycles. The van der Waals surface area contributed by atoms with Crippen molar-refractivity contribution in [2.75, 3.05) is 6.61 Å². The van der Waals surface area contributed by atoms with Gasteiger partial charge in [0.1, 0.15) is 5.78 Å². The fourth-order valence-corrected chi connectivity index (χ4v) is 2.40. The van der Waals surface area contributed by atoms with Crippen LogP contribution in [0, 0.1) is 11.8 Å². The van der Waals surface area contributed by atoms with Crippen LogP contribution in [0.15, 0.2) is 12.2 Å². The van der Waals surface area contributed by atoms with E-state index in [-0.39, 0.29) is 30.0 Å². The van der Waals surface area contributed by atoms with Crippen LogP contribution < -0.4 is 0 Å². The van der Waals surface area contributed by atoms with Crippen LogP contribution in [-0.2, 0) is 19.1 Å². The van der Waals surface area contributed by atoms with Gasteiger partial charge in [-0.1, -0.05) is 12.2 Å². The van der Waals surface area contributed by atoms with E-state index in [2.05, 4.69) is 0 Å². The summed E-state index contributed by atoms with van der Waals surface area (Å²) >= 11 is 0. The van der Waals surface area contributed by atoms with Crippen molar-refractivity contribution in [1.82, 2.24) is 0 Å². The van der Waals surface area contributed by atoms with Crippen molar-refractivity contribution in [3.8, 4) is 0 Å². The second-order valence-electron chi connectivity index (χ2n) is 4.81. The van der Waals surface area contributed by atoms with E-state index < -0.39 is 5.97 Å². The number of allylic oxidation sites excluding steroid dienone is 1. The van der Waals surface area contributed by atoms with Gasteiger partial charge in [-0.15, -0.1) is 0 Å². The highest BCUT2D eigenvalue weighted by atomic mass is 16.5. The Kier molecular flexibility index (Phi) is 6.25.